The molecule has 4 N–H and O–H groups in total. The summed E-state index contributed by atoms with van der Waals surface area (Å²) in [6, 6.07) is 0. The first kappa shape index (κ1) is 6.78. The first-order valence-corrected chi connectivity index (χ1v) is 3.39. The molecular formula is C7H14N2. The van der Waals surface area contributed by atoms with Crippen LogP contribution in [0.5, 0.6) is 0 Å². The van der Waals surface area contributed by atoms with Gasteiger partial charge in [-0.15, -0.1) is 0 Å². The van der Waals surface area contributed by atoms with Crippen LogP contribution in [0.2, 0.25) is 0 Å². The van der Waals surface area contributed by atoms with Crippen LogP contribution < -0.4 is 11.5 Å². The molecule has 0 aliphatic heterocycles. The van der Waals surface area contributed by atoms with Gasteiger partial charge in [-0.3, -0.25) is 0 Å². The van der Waals surface area contributed by atoms with Gasteiger partial charge in [0.15, 0.2) is 0 Å². The van der Waals surface area contributed by atoms with Crippen molar-refractivity contribution >= 4 is 0 Å². The van der Waals surface area contributed by atoms with Gasteiger partial charge >= 0.3 is 0 Å². The highest BCUT2D eigenvalue weighted by molar-refractivity contribution is 5.14. The van der Waals surface area contributed by atoms with Crippen molar-refractivity contribution in [2.75, 3.05) is 0 Å². The summed E-state index contributed by atoms with van der Waals surface area (Å²) in [5, 5.41) is 0. The number of rotatable bonds is 0. The topological polar surface area (TPSA) is 52.0 Å². The summed E-state index contributed by atoms with van der Waals surface area (Å²) in [4.78, 5) is 0. The molecule has 52 valence electrons. The molecule has 0 saturated heterocycles. The molecule has 0 atom stereocenters. The Morgan fingerprint density at radius 3 is 2.33 bits per heavy atom. The van der Waals surface area contributed by atoms with Gasteiger partial charge < -0.3 is 11.5 Å². The van der Waals surface area contributed by atoms with E-state index in [1.165, 1.54) is 6.42 Å². The molecule has 0 spiro atoms. The smallest absolute Gasteiger partial charge is 0.0855 e. The molecule has 2 nitrogen and oxygen atoms in total. The van der Waals surface area contributed by atoms with E-state index < -0.39 is 5.66 Å². The second-order valence-corrected chi connectivity index (χ2v) is 2.85. The molecule has 0 bridgehead atoms. The molecule has 0 aromatic rings. The molecule has 0 unspecified atom stereocenters. The van der Waals surface area contributed by atoms with E-state index in [2.05, 4.69) is 6.58 Å². The molecule has 9 heavy (non-hydrogen) atoms. The molecule has 0 aromatic heterocycles. The van der Waals surface area contributed by atoms with E-state index >= 15 is 0 Å². The fourth-order valence-electron chi connectivity index (χ4n) is 1.17. The Labute approximate surface area is 55.9 Å². The van der Waals surface area contributed by atoms with Crippen LogP contribution >= 0.6 is 0 Å². The van der Waals surface area contributed by atoms with Gasteiger partial charge in [0, 0.05) is 0 Å². The Hall–Kier alpha value is -0.340. The van der Waals surface area contributed by atoms with Gasteiger partial charge in [-0.25, -0.2) is 0 Å². The number of nitrogens with two attached hydrogens (primary N) is 2. The van der Waals surface area contributed by atoms with Crippen LogP contribution in [-0.2, 0) is 0 Å². The van der Waals surface area contributed by atoms with E-state index in [0.717, 1.165) is 24.8 Å². The summed E-state index contributed by atoms with van der Waals surface area (Å²) >= 11 is 0. The van der Waals surface area contributed by atoms with E-state index in [9.17, 15) is 0 Å². The van der Waals surface area contributed by atoms with E-state index in [-0.39, 0.29) is 0 Å². The Morgan fingerprint density at radius 2 is 2.00 bits per heavy atom. The SMILES string of the molecule is C=C1CCCCC1(N)N. The third kappa shape index (κ3) is 1.32. The second-order valence-electron chi connectivity index (χ2n) is 2.85. The molecule has 0 amide bonds. The van der Waals surface area contributed by atoms with Crippen molar-refractivity contribution in [3.63, 3.8) is 0 Å². The fraction of sp³-hybridized carbons (Fsp3) is 0.714. The summed E-state index contributed by atoms with van der Waals surface area (Å²) in [5.41, 5.74) is 11.8. The standard InChI is InChI=1S/C7H14N2/c1-6-4-2-3-5-7(6,8)9/h1-5,8-9H2. The van der Waals surface area contributed by atoms with Crippen molar-refractivity contribution in [1.29, 1.82) is 0 Å². The van der Waals surface area contributed by atoms with Crippen LogP contribution in [0.1, 0.15) is 25.7 Å². The van der Waals surface area contributed by atoms with E-state index in [1.807, 2.05) is 0 Å². The maximum Gasteiger partial charge on any atom is 0.0855 e. The van der Waals surface area contributed by atoms with Gasteiger partial charge in [0.2, 0.25) is 0 Å². The predicted molar refractivity (Wildman–Crippen MR) is 38.7 cm³/mol. The van der Waals surface area contributed by atoms with Crippen molar-refractivity contribution in [3.8, 4) is 0 Å². The Bertz CT molecular complexity index is 127. The first-order chi connectivity index (χ1) is 4.13. The second kappa shape index (κ2) is 2.12. The highest BCUT2D eigenvalue weighted by atomic mass is 15.0. The van der Waals surface area contributed by atoms with Crippen LogP contribution in [0.25, 0.3) is 0 Å². The van der Waals surface area contributed by atoms with Gasteiger partial charge in [0.1, 0.15) is 0 Å². The summed E-state index contributed by atoms with van der Waals surface area (Å²) < 4.78 is 0. The summed E-state index contributed by atoms with van der Waals surface area (Å²) in [5.74, 6) is 0. The molecule has 1 aliphatic rings. The maximum absolute atomic E-state index is 5.70. The maximum atomic E-state index is 5.70. The molecule has 2 heteroatoms. The highest BCUT2D eigenvalue weighted by Crippen LogP contribution is 2.25. The van der Waals surface area contributed by atoms with Crippen molar-refractivity contribution in [3.05, 3.63) is 12.2 Å². The van der Waals surface area contributed by atoms with Crippen molar-refractivity contribution in [2.45, 2.75) is 31.3 Å². The zero-order chi connectivity index (χ0) is 6.91. The lowest BCUT2D eigenvalue weighted by Gasteiger charge is -2.31. The van der Waals surface area contributed by atoms with Gasteiger partial charge in [0.05, 0.1) is 5.66 Å². The zero-order valence-corrected chi connectivity index (χ0v) is 5.69. The van der Waals surface area contributed by atoms with Gasteiger partial charge in [-0.1, -0.05) is 6.58 Å². The minimum Gasteiger partial charge on any atom is -0.310 e. The lowest BCUT2D eigenvalue weighted by atomic mass is 9.86. The lowest BCUT2D eigenvalue weighted by Crippen LogP contribution is -2.52. The average Bonchev–Trinajstić information content (AvgIpc) is 1.77. The number of hydrogen-bond acceptors (Lipinski definition) is 2. The zero-order valence-electron chi connectivity index (χ0n) is 5.69. The molecular weight excluding hydrogens is 112 g/mol. The van der Waals surface area contributed by atoms with Gasteiger partial charge in [0.25, 0.3) is 0 Å². The van der Waals surface area contributed by atoms with Gasteiger partial charge in [-0.2, -0.15) is 0 Å². The third-order valence-electron chi connectivity index (χ3n) is 1.98. The summed E-state index contributed by atoms with van der Waals surface area (Å²) in [6.45, 7) is 3.82. The van der Waals surface area contributed by atoms with Crippen molar-refractivity contribution < 1.29 is 0 Å². The first-order valence-electron chi connectivity index (χ1n) is 3.39. The molecule has 1 fully saturated rings. The van der Waals surface area contributed by atoms with Crippen LogP contribution in [0.3, 0.4) is 0 Å². The highest BCUT2D eigenvalue weighted by Gasteiger charge is 2.25. The van der Waals surface area contributed by atoms with Crippen LogP contribution in [0.4, 0.5) is 0 Å². The van der Waals surface area contributed by atoms with Crippen LogP contribution in [0.15, 0.2) is 12.2 Å². The normalized spacial score (nSPS) is 26.2. The molecule has 0 aromatic carbocycles. The third-order valence-corrected chi connectivity index (χ3v) is 1.98. The van der Waals surface area contributed by atoms with Gasteiger partial charge in [-0.05, 0) is 31.3 Å². The molecule has 0 radical (unpaired) electrons. The Morgan fingerprint density at radius 1 is 1.33 bits per heavy atom. The van der Waals surface area contributed by atoms with Crippen molar-refractivity contribution in [2.24, 2.45) is 11.5 Å². The Balaban J connectivity index is 2.60. The van der Waals surface area contributed by atoms with E-state index in [1.54, 1.807) is 0 Å². The van der Waals surface area contributed by atoms with E-state index in [4.69, 9.17) is 11.5 Å². The van der Waals surface area contributed by atoms with E-state index in [0.29, 0.717) is 0 Å². The quantitative estimate of drug-likeness (QED) is 0.371. The predicted octanol–water partition coefficient (Wildman–Crippen LogP) is 0.730. The minimum atomic E-state index is -0.557. The molecule has 0 heterocycles. The fourth-order valence-corrected chi connectivity index (χ4v) is 1.17. The monoisotopic (exact) mass is 126 g/mol. The molecule has 1 saturated carbocycles. The average molecular weight is 126 g/mol. The number of hydrogen-bond donors (Lipinski definition) is 2. The minimum absolute atomic E-state index is 0.557. The lowest BCUT2D eigenvalue weighted by molar-refractivity contribution is 0.397. The van der Waals surface area contributed by atoms with Crippen molar-refractivity contribution in [1.82, 2.24) is 0 Å². The summed E-state index contributed by atoms with van der Waals surface area (Å²) in [7, 11) is 0. The molecule has 1 aliphatic carbocycles. The Kier molecular flexibility index (Phi) is 1.60. The summed E-state index contributed by atoms with van der Waals surface area (Å²) in [6.07, 6.45) is 4.25. The largest absolute Gasteiger partial charge is 0.310 e. The molecule has 1 rings (SSSR count). The van der Waals surface area contributed by atoms with Crippen LogP contribution in [-0.4, -0.2) is 5.66 Å². The van der Waals surface area contributed by atoms with Crippen LogP contribution in [0, 0.1) is 0 Å².